The zero-order valence-corrected chi connectivity index (χ0v) is 19.0. The molecule has 2 aliphatic rings. The molecule has 0 spiro atoms. The first-order valence-corrected chi connectivity index (χ1v) is 11.9. The van der Waals surface area contributed by atoms with Gasteiger partial charge in [-0.15, -0.1) is 0 Å². The Bertz CT molecular complexity index is 902. The van der Waals surface area contributed by atoms with E-state index in [1.54, 1.807) is 12.1 Å². The summed E-state index contributed by atoms with van der Waals surface area (Å²) in [6.07, 6.45) is 8.06. The van der Waals surface area contributed by atoms with Crippen LogP contribution in [0.3, 0.4) is 0 Å². The molecule has 2 aromatic rings. The number of hydrogen-bond donors (Lipinski definition) is 3. The van der Waals surface area contributed by atoms with E-state index in [9.17, 15) is 9.59 Å². The van der Waals surface area contributed by atoms with E-state index in [1.165, 1.54) is 19.3 Å². The summed E-state index contributed by atoms with van der Waals surface area (Å²) in [5.41, 5.74) is 2.13. The summed E-state index contributed by atoms with van der Waals surface area (Å²) in [5, 5.41) is 9.08. The second kappa shape index (κ2) is 11.7. The van der Waals surface area contributed by atoms with E-state index in [2.05, 4.69) is 16.0 Å². The predicted molar refractivity (Wildman–Crippen MR) is 129 cm³/mol. The molecule has 1 saturated heterocycles. The lowest BCUT2D eigenvalue weighted by Crippen LogP contribution is -2.36. The summed E-state index contributed by atoms with van der Waals surface area (Å²) in [6, 6.07) is 14.8. The summed E-state index contributed by atoms with van der Waals surface area (Å²) >= 11 is 0. The zero-order chi connectivity index (χ0) is 22.9. The van der Waals surface area contributed by atoms with Crippen LogP contribution < -0.4 is 20.7 Å². The van der Waals surface area contributed by atoms with E-state index in [-0.39, 0.29) is 30.5 Å². The minimum Gasteiger partial charge on any atom is -0.491 e. The highest BCUT2D eigenvalue weighted by Crippen LogP contribution is 2.19. The van der Waals surface area contributed by atoms with Crippen LogP contribution in [0, 0.1) is 0 Å². The Hall–Kier alpha value is -3.06. The fourth-order valence-electron chi connectivity index (χ4n) is 4.24. The molecule has 0 aromatic heterocycles. The van der Waals surface area contributed by atoms with Gasteiger partial charge in [0.15, 0.2) is 0 Å². The minimum absolute atomic E-state index is 0.0330. The SMILES string of the molecule is O=C(CNc1ccc(C(=O)NC2CCCCC2)cc1)Nc1ccc(OCC2CCCO2)cc1. The molecule has 176 valence electrons. The van der Waals surface area contributed by atoms with Crippen LogP contribution in [-0.2, 0) is 9.53 Å². The Balaban J connectivity index is 1.18. The molecule has 2 aromatic carbocycles. The first kappa shape index (κ1) is 23.1. The summed E-state index contributed by atoms with van der Waals surface area (Å²) in [6.45, 7) is 1.49. The Labute approximate surface area is 195 Å². The highest BCUT2D eigenvalue weighted by Gasteiger charge is 2.17. The van der Waals surface area contributed by atoms with Crippen molar-refractivity contribution in [2.45, 2.75) is 57.1 Å². The fourth-order valence-corrected chi connectivity index (χ4v) is 4.24. The van der Waals surface area contributed by atoms with Crippen molar-refractivity contribution >= 4 is 23.2 Å². The van der Waals surface area contributed by atoms with Gasteiger partial charge in [0.2, 0.25) is 5.91 Å². The Morgan fingerprint density at radius 1 is 0.879 bits per heavy atom. The fraction of sp³-hybridized carbons (Fsp3) is 0.462. The smallest absolute Gasteiger partial charge is 0.251 e. The summed E-state index contributed by atoms with van der Waals surface area (Å²) in [4.78, 5) is 24.7. The third-order valence-electron chi connectivity index (χ3n) is 6.14. The van der Waals surface area contributed by atoms with E-state index in [0.717, 1.165) is 43.7 Å². The van der Waals surface area contributed by atoms with E-state index in [1.807, 2.05) is 36.4 Å². The highest BCUT2D eigenvalue weighted by molar-refractivity contribution is 5.95. The molecule has 0 radical (unpaired) electrons. The van der Waals surface area contributed by atoms with Crippen molar-refractivity contribution in [2.24, 2.45) is 0 Å². The average Bonchev–Trinajstić information content (AvgIpc) is 3.37. The van der Waals surface area contributed by atoms with Crippen molar-refractivity contribution in [1.29, 1.82) is 0 Å². The van der Waals surface area contributed by atoms with Crippen LogP contribution >= 0.6 is 0 Å². The standard InChI is InChI=1S/C26H33N3O4/c30-25(28-22-12-14-23(15-13-22)33-18-24-7-4-16-32-24)17-27-20-10-8-19(9-11-20)26(31)29-21-5-2-1-3-6-21/h8-15,21,24,27H,1-7,16-18H2,(H,28,30)(H,29,31). The van der Waals surface area contributed by atoms with E-state index >= 15 is 0 Å². The lowest BCUT2D eigenvalue weighted by molar-refractivity contribution is -0.114. The van der Waals surface area contributed by atoms with Crippen LogP contribution in [-0.4, -0.2) is 43.7 Å². The van der Waals surface area contributed by atoms with Gasteiger partial charge in [-0.05, 0) is 74.2 Å². The maximum Gasteiger partial charge on any atom is 0.251 e. The van der Waals surface area contributed by atoms with Crippen LogP contribution in [0.15, 0.2) is 48.5 Å². The molecule has 3 N–H and O–H groups in total. The molecular formula is C26H33N3O4. The molecular weight excluding hydrogens is 418 g/mol. The van der Waals surface area contributed by atoms with E-state index in [0.29, 0.717) is 17.9 Å². The summed E-state index contributed by atoms with van der Waals surface area (Å²) in [7, 11) is 0. The van der Waals surface area contributed by atoms with Gasteiger partial charge in [-0.1, -0.05) is 19.3 Å². The second-order valence-electron chi connectivity index (χ2n) is 8.76. The third kappa shape index (κ3) is 7.22. The molecule has 33 heavy (non-hydrogen) atoms. The molecule has 1 atom stereocenters. The number of rotatable bonds is 9. The van der Waals surface area contributed by atoms with Gasteiger partial charge >= 0.3 is 0 Å². The lowest BCUT2D eigenvalue weighted by Gasteiger charge is -2.22. The maximum absolute atomic E-state index is 12.4. The summed E-state index contributed by atoms with van der Waals surface area (Å²) < 4.78 is 11.3. The lowest BCUT2D eigenvalue weighted by atomic mass is 9.95. The molecule has 0 bridgehead atoms. The van der Waals surface area contributed by atoms with Gasteiger partial charge in [0.25, 0.3) is 5.91 Å². The molecule has 1 aliphatic carbocycles. The number of hydrogen-bond acceptors (Lipinski definition) is 5. The normalized spacial score (nSPS) is 18.5. The molecule has 1 aliphatic heterocycles. The maximum atomic E-state index is 12.4. The number of amides is 2. The van der Waals surface area contributed by atoms with Crippen molar-refractivity contribution in [3.05, 3.63) is 54.1 Å². The van der Waals surface area contributed by atoms with E-state index in [4.69, 9.17) is 9.47 Å². The van der Waals surface area contributed by atoms with E-state index < -0.39 is 0 Å². The number of anilines is 2. The Morgan fingerprint density at radius 3 is 2.30 bits per heavy atom. The number of carbonyl (C=O) groups is 2. The van der Waals surface area contributed by atoms with Gasteiger partial charge in [-0.3, -0.25) is 9.59 Å². The zero-order valence-electron chi connectivity index (χ0n) is 19.0. The van der Waals surface area contributed by atoms with Crippen molar-refractivity contribution < 1.29 is 19.1 Å². The Morgan fingerprint density at radius 2 is 1.61 bits per heavy atom. The third-order valence-corrected chi connectivity index (χ3v) is 6.14. The van der Waals surface area contributed by atoms with Gasteiger partial charge in [-0.25, -0.2) is 0 Å². The molecule has 1 saturated carbocycles. The van der Waals surface area contributed by atoms with Gasteiger partial charge in [0, 0.05) is 29.6 Å². The first-order valence-electron chi connectivity index (χ1n) is 11.9. The largest absolute Gasteiger partial charge is 0.491 e. The van der Waals surface area contributed by atoms with Gasteiger partial charge in [-0.2, -0.15) is 0 Å². The molecule has 7 nitrogen and oxygen atoms in total. The molecule has 2 fully saturated rings. The van der Waals surface area contributed by atoms with Gasteiger partial charge in [0.05, 0.1) is 12.6 Å². The van der Waals surface area contributed by atoms with Crippen molar-refractivity contribution in [1.82, 2.24) is 5.32 Å². The van der Waals surface area contributed by atoms with Crippen LogP contribution in [0.4, 0.5) is 11.4 Å². The quantitative estimate of drug-likeness (QED) is 0.527. The second-order valence-corrected chi connectivity index (χ2v) is 8.76. The molecule has 4 rings (SSSR count). The monoisotopic (exact) mass is 451 g/mol. The number of carbonyl (C=O) groups excluding carboxylic acids is 2. The van der Waals surface area contributed by atoms with Crippen molar-refractivity contribution in [3.63, 3.8) is 0 Å². The molecule has 7 heteroatoms. The van der Waals surface area contributed by atoms with Crippen LogP contribution in [0.5, 0.6) is 5.75 Å². The van der Waals surface area contributed by atoms with Gasteiger partial charge < -0.3 is 25.4 Å². The average molecular weight is 452 g/mol. The Kier molecular flexibility index (Phi) is 8.19. The predicted octanol–water partition coefficient (Wildman–Crippen LogP) is 4.36. The number of ether oxygens (including phenoxy) is 2. The molecule has 1 heterocycles. The van der Waals surface area contributed by atoms with Crippen LogP contribution in [0.25, 0.3) is 0 Å². The van der Waals surface area contributed by atoms with Gasteiger partial charge in [0.1, 0.15) is 12.4 Å². The van der Waals surface area contributed by atoms with Crippen LogP contribution in [0.1, 0.15) is 55.3 Å². The molecule has 1 unspecified atom stereocenters. The topological polar surface area (TPSA) is 88.7 Å². The number of nitrogens with one attached hydrogen (secondary N) is 3. The highest BCUT2D eigenvalue weighted by atomic mass is 16.5. The minimum atomic E-state index is -0.151. The van der Waals surface area contributed by atoms with Crippen molar-refractivity contribution in [3.8, 4) is 5.75 Å². The van der Waals surface area contributed by atoms with Crippen LogP contribution in [0.2, 0.25) is 0 Å². The number of benzene rings is 2. The summed E-state index contributed by atoms with van der Waals surface area (Å²) in [5.74, 6) is 0.575. The first-order chi connectivity index (χ1) is 16.2. The van der Waals surface area contributed by atoms with Crippen molar-refractivity contribution in [2.75, 3.05) is 30.4 Å². The molecule has 2 amide bonds.